The molecule has 0 aliphatic rings. The molecule has 0 aliphatic heterocycles. The first-order chi connectivity index (χ1) is 6.07. The fraction of sp³-hybridized carbons (Fsp3) is 0.250. The highest BCUT2D eigenvalue weighted by Gasteiger charge is 2.18. The second kappa shape index (κ2) is 4.07. The van der Waals surface area contributed by atoms with Crippen LogP contribution >= 0.6 is 27.5 Å². The number of nitro groups is 1. The number of halogens is 2. The Balaban J connectivity index is 3.43. The molecule has 0 atom stereocenters. The van der Waals surface area contributed by atoms with Gasteiger partial charge in [-0.05, 0) is 13.0 Å². The normalized spacial score (nSPS) is 10.1. The number of benzene rings is 1. The standard InChI is InChI=1S/C8H7BrClNO2/c1-5-2-3-7(9)6(4-10)8(5)11(12)13/h2-3H,4H2,1H3. The summed E-state index contributed by atoms with van der Waals surface area (Å²) in [4.78, 5) is 10.3. The largest absolute Gasteiger partial charge is 0.277 e. The van der Waals surface area contributed by atoms with E-state index >= 15 is 0 Å². The second-order valence-electron chi connectivity index (χ2n) is 2.58. The SMILES string of the molecule is Cc1ccc(Br)c(CCl)c1[N+](=O)[O-]. The Morgan fingerprint density at radius 2 is 2.23 bits per heavy atom. The van der Waals surface area contributed by atoms with E-state index in [1.54, 1.807) is 19.1 Å². The average Bonchev–Trinajstić information content (AvgIpc) is 2.07. The summed E-state index contributed by atoms with van der Waals surface area (Å²) in [5.41, 5.74) is 1.26. The highest BCUT2D eigenvalue weighted by molar-refractivity contribution is 9.10. The molecule has 0 heterocycles. The van der Waals surface area contributed by atoms with Gasteiger partial charge in [-0.1, -0.05) is 22.0 Å². The first-order valence-corrected chi connectivity index (χ1v) is 4.89. The van der Waals surface area contributed by atoms with Crippen LogP contribution in [0.15, 0.2) is 16.6 Å². The quantitative estimate of drug-likeness (QED) is 0.467. The third-order valence-corrected chi connectivity index (χ3v) is 2.75. The molecule has 1 aromatic carbocycles. The molecule has 0 N–H and O–H groups in total. The van der Waals surface area contributed by atoms with Crippen LogP contribution in [-0.4, -0.2) is 4.92 Å². The van der Waals surface area contributed by atoms with E-state index in [1.807, 2.05) is 0 Å². The summed E-state index contributed by atoms with van der Waals surface area (Å²) in [6.07, 6.45) is 0. The first kappa shape index (κ1) is 10.5. The van der Waals surface area contributed by atoms with Crippen molar-refractivity contribution in [2.75, 3.05) is 0 Å². The average molecular weight is 265 g/mol. The molecule has 3 nitrogen and oxygen atoms in total. The Hall–Kier alpha value is -0.610. The highest BCUT2D eigenvalue weighted by Crippen LogP contribution is 2.31. The molecule has 13 heavy (non-hydrogen) atoms. The zero-order chi connectivity index (χ0) is 10.0. The zero-order valence-electron chi connectivity index (χ0n) is 6.88. The van der Waals surface area contributed by atoms with Gasteiger partial charge >= 0.3 is 0 Å². The van der Waals surface area contributed by atoms with Gasteiger partial charge in [-0.2, -0.15) is 0 Å². The van der Waals surface area contributed by atoms with Crippen LogP contribution in [0.3, 0.4) is 0 Å². The maximum atomic E-state index is 10.7. The lowest BCUT2D eigenvalue weighted by Crippen LogP contribution is -1.97. The highest BCUT2D eigenvalue weighted by atomic mass is 79.9. The molecule has 0 aromatic heterocycles. The van der Waals surface area contributed by atoms with E-state index in [0.29, 0.717) is 15.6 Å². The van der Waals surface area contributed by atoms with Crippen molar-refractivity contribution in [3.05, 3.63) is 37.8 Å². The topological polar surface area (TPSA) is 43.1 Å². The minimum Gasteiger partial charge on any atom is -0.258 e. The molecule has 0 fully saturated rings. The van der Waals surface area contributed by atoms with Crippen LogP contribution in [0.5, 0.6) is 0 Å². The summed E-state index contributed by atoms with van der Waals surface area (Å²) in [6.45, 7) is 1.70. The minimum atomic E-state index is -0.405. The number of aryl methyl sites for hydroxylation is 1. The van der Waals surface area contributed by atoms with Gasteiger partial charge in [0.25, 0.3) is 5.69 Å². The van der Waals surface area contributed by atoms with Gasteiger partial charge in [0.05, 0.1) is 16.4 Å². The fourth-order valence-corrected chi connectivity index (χ4v) is 2.00. The van der Waals surface area contributed by atoms with Gasteiger partial charge < -0.3 is 0 Å². The van der Waals surface area contributed by atoms with E-state index in [1.165, 1.54) is 0 Å². The number of hydrogen-bond acceptors (Lipinski definition) is 2. The molecule has 0 aliphatic carbocycles. The lowest BCUT2D eigenvalue weighted by atomic mass is 10.1. The predicted molar refractivity (Wildman–Crippen MR) is 55.1 cm³/mol. The molecule has 1 aromatic rings. The van der Waals surface area contributed by atoms with Gasteiger partial charge in [-0.3, -0.25) is 10.1 Å². The molecule has 0 bridgehead atoms. The molecule has 0 amide bonds. The van der Waals surface area contributed by atoms with E-state index in [2.05, 4.69) is 15.9 Å². The molecule has 1 rings (SSSR count). The van der Waals surface area contributed by atoms with E-state index < -0.39 is 4.92 Å². The van der Waals surface area contributed by atoms with Gasteiger partial charge in [0.15, 0.2) is 0 Å². The first-order valence-electron chi connectivity index (χ1n) is 3.56. The number of nitro benzene ring substituents is 1. The van der Waals surface area contributed by atoms with Crippen molar-refractivity contribution in [1.82, 2.24) is 0 Å². The Bertz CT molecular complexity index is 354. The maximum absolute atomic E-state index is 10.7. The van der Waals surface area contributed by atoms with Crippen molar-refractivity contribution in [2.24, 2.45) is 0 Å². The van der Waals surface area contributed by atoms with Crippen molar-refractivity contribution < 1.29 is 4.92 Å². The molecule has 5 heteroatoms. The van der Waals surface area contributed by atoms with Crippen LogP contribution in [0, 0.1) is 17.0 Å². The summed E-state index contributed by atoms with van der Waals surface area (Å²) < 4.78 is 0.680. The van der Waals surface area contributed by atoms with Crippen molar-refractivity contribution in [1.29, 1.82) is 0 Å². The Morgan fingerprint density at radius 3 is 2.62 bits per heavy atom. The maximum Gasteiger partial charge on any atom is 0.277 e. The lowest BCUT2D eigenvalue weighted by Gasteiger charge is -2.04. The van der Waals surface area contributed by atoms with Crippen molar-refractivity contribution >= 4 is 33.2 Å². The molecule has 0 radical (unpaired) electrons. The van der Waals surface area contributed by atoms with E-state index in [0.717, 1.165) is 0 Å². The van der Waals surface area contributed by atoms with Crippen molar-refractivity contribution in [2.45, 2.75) is 12.8 Å². The number of alkyl halides is 1. The number of nitrogens with zero attached hydrogens (tertiary/aromatic N) is 1. The summed E-state index contributed by atoms with van der Waals surface area (Å²) >= 11 is 8.84. The monoisotopic (exact) mass is 263 g/mol. The van der Waals surface area contributed by atoms with Crippen LogP contribution in [0.2, 0.25) is 0 Å². The third-order valence-electron chi connectivity index (χ3n) is 1.74. The van der Waals surface area contributed by atoms with Gasteiger partial charge in [-0.25, -0.2) is 0 Å². The number of rotatable bonds is 2. The van der Waals surface area contributed by atoms with Crippen LogP contribution in [0.25, 0.3) is 0 Å². The van der Waals surface area contributed by atoms with Gasteiger partial charge in [0, 0.05) is 10.0 Å². The lowest BCUT2D eigenvalue weighted by molar-refractivity contribution is -0.386. The van der Waals surface area contributed by atoms with E-state index in [4.69, 9.17) is 11.6 Å². The second-order valence-corrected chi connectivity index (χ2v) is 3.70. The third kappa shape index (κ3) is 2.00. The summed E-state index contributed by atoms with van der Waals surface area (Å²) in [5, 5.41) is 10.7. The Morgan fingerprint density at radius 1 is 1.62 bits per heavy atom. The van der Waals surface area contributed by atoms with Crippen LogP contribution in [0.4, 0.5) is 5.69 Å². The fourth-order valence-electron chi connectivity index (χ4n) is 1.11. The minimum absolute atomic E-state index is 0.101. The molecule has 70 valence electrons. The molecular weight excluding hydrogens is 257 g/mol. The smallest absolute Gasteiger partial charge is 0.258 e. The van der Waals surface area contributed by atoms with E-state index in [-0.39, 0.29) is 11.6 Å². The van der Waals surface area contributed by atoms with Gasteiger partial charge in [-0.15, -0.1) is 11.6 Å². The number of hydrogen-bond donors (Lipinski definition) is 0. The van der Waals surface area contributed by atoms with Gasteiger partial charge in [0.2, 0.25) is 0 Å². The molecule has 0 spiro atoms. The van der Waals surface area contributed by atoms with Crippen molar-refractivity contribution in [3.8, 4) is 0 Å². The Kier molecular flexibility index (Phi) is 3.27. The molecule has 0 saturated carbocycles. The van der Waals surface area contributed by atoms with Crippen LogP contribution in [0.1, 0.15) is 11.1 Å². The summed E-state index contributed by atoms with van der Waals surface area (Å²) in [5.74, 6) is 0.137. The Labute approximate surface area is 89.0 Å². The van der Waals surface area contributed by atoms with Crippen molar-refractivity contribution in [3.63, 3.8) is 0 Å². The predicted octanol–water partition coefficient (Wildman–Crippen LogP) is 3.40. The summed E-state index contributed by atoms with van der Waals surface area (Å²) in [7, 11) is 0. The van der Waals surface area contributed by atoms with Crippen LogP contribution in [-0.2, 0) is 5.88 Å². The van der Waals surface area contributed by atoms with Gasteiger partial charge in [0.1, 0.15) is 0 Å². The van der Waals surface area contributed by atoms with Crippen LogP contribution < -0.4 is 0 Å². The molecular formula is C8H7BrClNO2. The molecule has 0 saturated heterocycles. The summed E-state index contributed by atoms with van der Waals surface area (Å²) in [6, 6.07) is 3.46. The molecule has 0 unspecified atom stereocenters. The zero-order valence-corrected chi connectivity index (χ0v) is 9.22. The van der Waals surface area contributed by atoms with E-state index in [9.17, 15) is 10.1 Å².